The average molecular weight is 177 g/mol. The molecule has 62 valence electrons. The van der Waals surface area contributed by atoms with Crippen molar-refractivity contribution in [1.29, 1.82) is 0 Å². The first kappa shape index (κ1) is 7.87. The quantitative estimate of drug-likeness (QED) is 0.675. The Morgan fingerprint density at radius 3 is 2.83 bits per heavy atom. The molecule has 12 heavy (non-hydrogen) atoms. The van der Waals surface area contributed by atoms with Crippen LogP contribution in [-0.4, -0.2) is 17.3 Å². The number of rotatable bonds is 2. The van der Waals surface area contributed by atoms with Crippen molar-refractivity contribution in [3.63, 3.8) is 0 Å². The van der Waals surface area contributed by atoms with Gasteiger partial charge in [0.05, 0.1) is 11.6 Å². The van der Waals surface area contributed by atoms with Crippen LogP contribution in [0.5, 0.6) is 0 Å². The maximum atomic E-state index is 4.37. The summed E-state index contributed by atoms with van der Waals surface area (Å²) in [5.41, 5.74) is 3.36. The van der Waals surface area contributed by atoms with E-state index in [1.807, 2.05) is 17.3 Å². The van der Waals surface area contributed by atoms with Crippen molar-refractivity contribution in [3.05, 3.63) is 35.9 Å². The van der Waals surface area contributed by atoms with Crippen LogP contribution in [0.2, 0.25) is 0 Å². The summed E-state index contributed by atoms with van der Waals surface area (Å²) in [4.78, 5) is 4.37. The van der Waals surface area contributed by atoms with Crippen LogP contribution >= 0.6 is 11.8 Å². The van der Waals surface area contributed by atoms with E-state index < -0.39 is 0 Å². The molecule has 0 N–H and O–H groups in total. The third kappa shape index (κ3) is 1.89. The lowest BCUT2D eigenvalue weighted by molar-refractivity contribution is 0.764. The predicted octanol–water partition coefficient (Wildman–Crippen LogP) is 2.37. The van der Waals surface area contributed by atoms with Crippen molar-refractivity contribution in [2.75, 3.05) is 5.75 Å². The minimum absolute atomic E-state index is 0.511. The average Bonchev–Trinajstić information content (AvgIpc) is 2.59. The molecule has 0 unspecified atom stereocenters. The molecule has 1 nitrogen and oxygen atoms in total. The predicted molar refractivity (Wildman–Crippen MR) is 54.9 cm³/mol. The molecule has 1 heterocycles. The zero-order valence-corrected chi connectivity index (χ0v) is 7.63. The van der Waals surface area contributed by atoms with Crippen molar-refractivity contribution in [3.8, 4) is 0 Å². The monoisotopic (exact) mass is 177 g/mol. The van der Waals surface area contributed by atoms with Crippen LogP contribution in [0, 0.1) is 0 Å². The second kappa shape index (κ2) is 3.76. The van der Waals surface area contributed by atoms with Gasteiger partial charge in [-0.3, -0.25) is 4.99 Å². The van der Waals surface area contributed by atoms with Crippen molar-refractivity contribution >= 4 is 17.3 Å². The first-order valence-electron chi connectivity index (χ1n) is 4.12. The number of aliphatic imine (C=N–C) groups is 1. The Kier molecular flexibility index (Phi) is 2.47. The van der Waals surface area contributed by atoms with Gasteiger partial charge in [-0.25, -0.2) is 0 Å². The van der Waals surface area contributed by atoms with Gasteiger partial charge >= 0.3 is 0 Å². The number of hydrogen-bond acceptors (Lipinski definition) is 2. The van der Waals surface area contributed by atoms with Crippen LogP contribution in [-0.2, 0) is 6.42 Å². The maximum Gasteiger partial charge on any atom is 0.0640 e. The van der Waals surface area contributed by atoms with Crippen molar-refractivity contribution in [1.82, 2.24) is 0 Å². The first-order chi connectivity index (χ1) is 5.95. The van der Waals surface area contributed by atoms with E-state index in [0.29, 0.717) is 6.04 Å². The summed E-state index contributed by atoms with van der Waals surface area (Å²) in [6, 6.07) is 11.1. The molecule has 2 heteroatoms. The lowest BCUT2D eigenvalue weighted by Crippen LogP contribution is -2.07. The Morgan fingerprint density at radius 2 is 2.17 bits per heavy atom. The van der Waals surface area contributed by atoms with Crippen LogP contribution in [0.1, 0.15) is 5.56 Å². The van der Waals surface area contributed by atoms with Gasteiger partial charge in [0.25, 0.3) is 0 Å². The van der Waals surface area contributed by atoms with Crippen LogP contribution in [0.25, 0.3) is 0 Å². The zero-order valence-electron chi connectivity index (χ0n) is 6.81. The van der Waals surface area contributed by atoms with Gasteiger partial charge in [0.15, 0.2) is 0 Å². The Balaban J connectivity index is 1.99. The standard InChI is InChI=1S/C10H11NS/c1-2-4-9(5-3-1)6-10-7-12-8-11-10/h1-5,8,10H,6-7H2/t10-/m0/s1. The molecule has 0 amide bonds. The summed E-state index contributed by atoms with van der Waals surface area (Å²) in [6.45, 7) is 0. The van der Waals surface area contributed by atoms with E-state index in [2.05, 4.69) is 35.3 Å². The lowest BCUT2D eigenvalue weighted by atomic mass is 10.1. The summed E-state index contributed by atoms with van der Waals surface area (Å²) in [6.07, 6.45) is 1.09. The summed E-state index contributed by atoms with van der Waals surface area (Å²) in [5, 5.41) is 0. The van der Waals surface area contributed by atoms with Crippen molar-refractivity contribution in [2.45, 2.75) is 12.5 Å². The molecule has 1 atom stereocenters. The number of nitrogens with zero attached hydrogens (tertiary/aromatic N) is 1. The summed E-state index contributed by atoms with van der Waals surface area (Å²) < 4.78 is 0. The molecule has 0 saturated carbocycles. The first-order valence-corrected chi connectivity index (χ1v) is 5.17. The molecule has 0 fully saturated rings. The molecule has 0 aromatic heterocycles. The normalized spacial score (nSPS) is 21.5. The Bertz CT molecular complexity index is 268. The SMILES string of the molecule is C1=N[C@@H](Cc2ccccc2)CS1. The van der Waals surface area contributed by atoms with E-state index in [9.17, 15) is 0 Å². The van der Waals surface area contributed by atoms with Crippen molar-refractivity contribution < 1.29 is 0 Å². The van der Waals surface area contributed by atoms with Crippen LogP contribution < -0.4 is 0 Å². The minimum atomic E-state index is 0.511. The van der Waals surface area contributed by atoms with Gasteiger partial charge in [-0.15, -0.1) is 11.8 Å². The molecular weight excluding hydrogens is 166 g/mol. The van der Waals surface area contributed by atoms with Crippen LogP contribution in [0.4, 0.5) is 0 Å². The third-order valence-electron chi connectivity index (χ3n) is 1.95. The fourth-order valence-electron chi connectivity index (χ4n) is 1.32. The Morgan fingerprint density at radius 1 is 1.33 bits per heavy atom. The summed E-state index contributed by atoms with van der Waals surface area (Å²) >= 11 is 1.81. The fourth-order valence-corrected chi connectivity index (χ4v) is 2.09. The minimum Gasteiger partial charge on any atom is -0.282 e. The van der Waals surface area contributed by atoms with Crippen LogP contribution in [0.15, 0.2) is 35.3 Å². The molecule has 1 aliphatic heterocycles. The fraction of sp³-hybridized carbons (Fsp3) is 0.300. The molecule has 0 spiro atoms. The van der Waals surface area contributed by atoms with E-state index in [1.165, 1.54) is 5.56 Å². The van der Waals surface area contributed by atoms with E-state index in [0.717, 1.165) is 12.2 Å². The molecule has 0 radical (unpaired) electrons. The van der Waals surface area contributed by atoms with E-state index in [-0.39, 0.29) is 0 Å². The van der Waals surface area contributed by atoms with Gasteiger partial charge in [-0.1, -0.05) is 30.3 Å². The number of hydrogen-bond donors (Lipinski definition) is 0. The molecule has 1 aromatic carbocycles. The highest BCUT2D eigenvalue weighted by Crippen LogP contribution is 2.15. The van der Waals surface area contributed by atoms with Crippen LogP contribution in [0.3, 0.4) is 0 Å². The topological polar surface area (TPSA) is 12.4 Å². The second-order valence-electron chi connectivity index (χ2n) is 2.93. The second-order valence-corrected chi connectivity index (χ2v) is 3.81. The highest BCUT2D eigenvalue weighted by atomic mass is 32.2. The van der Waals surface area contributed by atoms with Crippen molar-refractivity contribution in [2.24, 2.45) is 4.99 Å². The molecule has 0 saturated heterocycles. The van der Waals surface area contributed by atoms with Gasteiger partial charge in [-0.2, -0.15) is 0 Å². The molecule has 1 aromatic rings. The molecular formula is C10H11NS. The Labute approximate surface area is 76.9 Å². The van der Waals surface area contributed by atoms with E-state index in [1.54, 1.807) is 0 Å². The lowest BCUT2D eigenvalue weighted by Gasteiger charge is -2.04. The molecule has 0 aliphatic carbocycles. The molecule has 2 rings (SSSR count). The highest BCUT2D eigenvalue weighted by molar-refractivity contribution is 8.12. The zero-order chi connectivity index (χ0) is 8.23. The number of thioether (sulfide) groups is 1. The van der Waals surface area contributed by atoms with Gasteiger partial charge < -0.3 is 0 Å². The molecule has 0 bridgehead atoms. The number of benzene rings is 1. The van der Waals surface area contributed by atoms with E-state index in [4.69, 9.17) is 0 Å². The smallest absolute Gasteiger partial charge is 0.0640 e. The van der Waals surface area contributed by atoms with Gasteiger partial charge in [0, 0.05) is 5.75 Å². The summed E-state index contributed by atoms with van der Waals surface area (Å²) in [7, 11) is 0. The highest BCUT2D eigenvalue weighted by Gasteiger charge is 2.10. The molecule has 1 aliphatic rings. The van der Waals surface area contributed by atoms with E-state index >= 15 is 0 Å². The third-order valence-corrected chi connectivity index (χ3v) is 2.80. The van der Waals surface area contributed by atoms with Gasteiger partial charge in [0.1, 0.15) is 0 Å². The van der Waals surface area contributed by atoms with Gasteiger partial charge in [-0.05, 0) is 12.0 Å². The summed E-state index contributed by atoms with van der Waals surface area (Å²) in [5.74, 6) is 1.15. The maximum absolute atomic E-state index is 4.37. The largest absolute Gasteiger partial charge is 0.282 e. The van der Waals surface area contributed by atoms with Gasteiger partial charge in [0.2, 0.25) is 0 Å². The Hall–Kier alpha value is -0.760.